The molecule has 5 nitrogen and oxygen atoms in total. The quantitative estimate of drug-likeness (QED) is 0.668. The third-order valence-corrected chi connectivity index (χ3v) is 5.21. The van der Waals surface area contributed by atoms with E-state index in [-0.39, 0.29) is 17.7 Å². The Bertz CT molecular complexity index is 981. The predicted molar refractivity (Wildman–Crippen MR) is 105 cm³/mol. The highest BCUT2D eigenvalue weighted by Gasteiger charge is 2.42. The number of fused-ring (bicyclic) bond motifs is 1. The number of para-hydroxylation sites is 1. The fraction of sp³-hybridized carbons (Fsp3) is 0.238. The lowest BCUT2D eigenvalue weighted by atomic mass is 9.95. The van der Waals surface area contributed by atoms with Crippen LogP contribution in [0.15, 0.2) is 48.5 Å². The number of aromatic hydroxyl groups is 1. The maximum atomic E-state index is 13.0. The van der Waals surface area contributed by atoms with Crippen molar-refractivity contribution in [2.45, 2.75) is 25.8 Å². The molecular weight excluding hydrogens is 362 g/mol. The van der Waals surface area contributed by atoms with E-state index in [9.17, 15) is 9.90 Å². The van der Waals surface area contributed by atoms with Gasteiger partial charge in [-0.05, 0) is 36.2 Å². The van der Waals surface area contributed by atoms with E-state index in [0.29, 0.717) is 28.5 Å². The van der Waals surface area contributed by atoms with Gasteiger partial charge in [-0.15, -0.1) is 0 Å². The molecule has 27 heavy (non-hydrogen) atoms. The summed E-state index contributed by atoms with van der Waals surface area (Å²) in [4.78, 5) is 14.9. The highest BCUT2D eigenvalue weighted by Crippen LogP contribution is 2.44. The topological polar surface area (TPSA) is 69.2 Å². The number of hydrogen-bond donors (Lipinski definition) is 2. The van der Waals surface area contributed by atoms with Crippen molar-refractivity contribution in [2.75, 3.05) is 6.54 Å². The fourth-order valence-corrected chi connectivity index (χ4v) is 3.75. The molecule has 138 valence electrons. The van der Waals surface area contributed by atoms with Crippen LogP contribution in [0, 0.1) is 0 Å². The number of nitrogens with one attached hydrogen (secondary N) is 1. The number of phenolic OH excluding ortho intramolecular Hbond substituents is 1. The zero-order chi connectivity index (χ0) is 19.0. The van der Waals surface area contributed by atoms with Crippen molar-refractivity contribution >= 4 is 17.5 Å². The first-order valence-electron chi connectivity index (χ1n) is 9.05. The van der Waals surface area contributed by atoms with Crippen molar-refractivity contribution in [3.63, 3.8) is 0 Å². The first kappa shape index (κ1) is 17.6. The number of nitrogens with zero attached hydrogens (tertiary/aromatic N) is 2. The molecule has 0 saturated carbocycles. The van der Waals surface area contributed by atoms with Crippen LogP contribution in [0.4, 0.5) is 0 Å². The molecule has 1 amide bonds. The number of unbranched alkanes of at least 4 members (excludes halogenated alkanes) is 1. The highest BCUT2D eigenvalue weighted by molar-refractivity contribution is 6.30. The minimum Gasteiger partial charge on any atom is -0.507 e. The van der Waals surface area contributed by atoms with Crippen LogP contribution in [0.1, 0.15) is 47.4 Å². The number of aromatic nitrogens is 2. The molecule has 0 fully saturated rings. The van der Waals surface area contributed by atoms with Crippen LogP contribution >= 0.6 is 11.6 Å². The second kappa shape index (κ2) is 7.08. The molecule has 3 aromatic rings. The SMILES string of the molecule is CCCCN1C(=O)c2[nH]nc(-c3ccccc3O)c2C1c1ccc(Cl)cc1. The molecule has 1 atom stereocenters. The van der Waals surface area contributed by atoms with Gasteiger partial charge in [0.15, 0.2) is 0 Å². The number of rotatable bonds is 5. The molecule has 2 aromatic carbocycles. The third-order valence-electron chi connectivity index (χ3n) is 4.96. The first-order chi connectivity index (χ1) is 13.1. The van der Waals surface area contributed by atoms with Crippen molar-refractivity contribution in [1.82, 2.24) is 15.1 Å². The van der Waals surface area contributed by atoms with Crippen LogP contribution in [0.25, 0.3) is 11.3 Å². The van der Waals surface area contributed by atoms with Gasteiger partial charge in [0.25, 0.3) is 5.91 Å². The molecule has 0 bridgehead atoms. The zero-order valence-corrected chi connectivity index (χ0v) is 15.7. The molecule has 0 saturated heterocycles. The van der Waals surface area contributed by atoms with E-state index in [1.54, 1.807) is 12.1 Å². The zero-order valence-electron chi connectivity index (χ0n) is 14.9. The van der Waals surface area contributed by atoms with Crippen LogP contribution in [0.5, 0.6) is 5.75 Å². The minimum absolute atomic E-state index is 0.0624. The van der Waals surface area contributed by atoms with Gasteiger partial charge < -0.3 is 10.0 Å². The molecule has 1 aliphatic heterocycles. The van der Waals surface area contributed by atoms with E-state index in [1.165, 1.54) is 0 Å². The van der Waals surface area contributed by atoms with Crippen LogP contribution in [-0.2, 0) is 0 Å². The van der Waals surface area contributed by atoms with Crippen molar-refractivity contribution in [3.8, 4) is 17.0 Å². The summed E-state index contributed by atoms with van der Waals surface area (Å²) in [6.45, 7) is 2.76. The molecule has 0 radical (unpaired) electrons. The van der Waals surface area contributed by atoms with E-state index in [1.807, 2.05) is 41.3 Å². The van der Waals surface area contributed by atoms with Crippen LogP contribution in [0.2, 0.25) is 5.02 Å². The number of carbonyl (C=O) groups is 1. The number of hydrogen-bond acceptors (Lipinski definition) is 3. The number of carbonyl (C=O) groups excluding carboxylic acids is 1. The van der Waals surface area contributed by atoms with Gasteiger partial charge in [0.2, 0.25) is 0 Å². The van der Waals surface area contributed by atoms with Crippen LogP contribution in [0.3, 0.4) is 0 Å². The van der Waals surface area contributed by atoms with Gasteiger partial charge in [-0.25, -0.2) is 0 Å². The normalized spacial score (nSPS) is 16.0. The molecular formula is C21H20ClN3O2. The summed E-state index contributed by atoms with van der Waals surface area (Å²) in [5.74, 6) is 0.0775. The lowest BCUT2D eigenvalue weighted by Gasteiger charge is -2.26. The van der Waals surface area contributed by atoms with Gasteiger partial charge >= 0.3 is 0 Å². The van der Waals surface area contributed by atoms with Crippen LogP contribution in [-0.4, -0.2) is 32.7 Å². The average molecular weight is 382 g/mol. The molecule has 1 aromatic heterocycles. The van der Waals surface area contributed by atoms with Gasteiger partial charge in [-0.2, -0.15) is 5.10 Å². The molecule has 0 spiro atoms. The monoisotopic (exact) mass is 381 g/mol. The summed E-state index contributed by atoms with van der Waals surface area (Å²) in [7, 11) is 0. The summed E-state index contributed by atoms with van der Waals surface area (Å²) < 4.78 is 0. The molecule has 1 unspecified atom stereocenters. The molecule has 6 heteroatoms. The number of halogens is 1. The predicted octanol–water partition coefficient (Wildman–Crippen LogP) is 4.78. The number of benzene rings is 2. The van der Waals surface area contributed by atoms with E-state index >= 15 is 0 Å². The van der Waals surface area contributed by atoms with Crippen LogP contribution < -0.4 is 0 Å². The molecule has 2 heterocycles. The van der Waals surface area contributed by atoms with E-state index in [2.05, 4.69) is 17.1 Å². The fourth-order valence-electron chi connectivity index (χ4n) is 3.63. The van der Waals surface area contributed by atoms with Gasteiger partial charge in [-0.3, -0.25) is 9.89 Å². The Morgan fingerprint density at radius 1 is 1.19 bits per heavy atom. The number of aromatic amines is 1. The summed E-state index contributed by atoms with van der Waals surface area (Å²) in [5.41, 5.74) is 3.49. The third kappa shape index (κ3) is 2.98. The number of H-pyrrole nitrogens is 1. The molecule has 2 N–H and O–H groups in total. The van der Waals surface area contributed by atoms with Crippen molar-refractivity contribution in [3.05, 3.63) is 70.4 Å². The largest absolute Gasteiger partial charge is 0.507 e. The number of phenols is 1. The Hall–Kier alpha value is -2.79. The van der Waals surface area contributed by atoms with E-state index < -0.39 is 0 Å². The second-order valence-corrected chi connectivity index (χ2v) is 7.12. The summed E-state index contributed by atoms with van der Waals surface area (Å²) >= 11 is 6.06. The summed E-state index contributed by atoms with van der Waals surface area (Å²) in [6, 6.07) is 14.3. The maximum Gasteiger partial charge on any atom is 0.273 e. The lowest BCUT2D eigenvalue weighted by molar-refractivity contribution is 0.0741. The van der Waals surface area contributed by atoms with Crippen molar-refractivity contribution < 1.29 is 9.90 Å². The Morgan fingerprint density at radius 3 is 2.63 bits per heavy atom. The van der Waals surface area contributed by atoms with Gasteiger partial charge in [0, 0.05) is 22.7 Å². The Labute approximate surface area is 162 Å². The van der Waals surface area contributed by atoms with Gasteiger partial charge in [0.05, 0.1) is 6.04 Å². The average Bonchev–Trinajstić information content (AvgIpc) is 3.21. The minimum atomic E-state index is -0.260. The Balaban J connectivity index is 1.88. The van der Waals surface area contributed by atoms with Crippen molar-refractivity contribution in [2.24, 2.45) is 0 Å². The smallest absolute Gasteiger partial charge is 0.273 e. The standard InChI is InChI=1S/C21H20ClN3O2/c1-2-3-12-25-20(13-8-10-14(22)11-9-13)17-18(23-24-19(17)21(25)27)15-6-4-5-7-16(15)26/h4-11,20,26H,2-3,12H2,1H3,(H,23,24). The maximum absolute atomic E-state index is 13.0. The number of amides is 1. The van der Waals surface area contributed by atoms with Gasteiger partial charge in [-0.1, -0.05) is 49.2 Å². The van der Waals surface area contributed by atoms with Crippen molar-refractivity contribution in [1.29, 1.82) is 0 Å². The Morgan fingerprint density at radius 2 is 1.93 bits per heavy atom. The second-order valence-electron chi connectivity index (χ2n) is 6.68. The molecule has 0 aliphatic carbocycles. The molecule has 4 rings (SSSR count). The lowest BCUT2D eigenvalue weighted by Crippen LogP contribution is -2.30. The van der Waals surface area contributed by atoms with E-state index in [0.717, 1.165) is 24.0 Å². The van der Waals surface area contributed by atoms with E-state index in [4.69, 9.17) is 11.6 Å². The summed E-state index contributed by atoms with van der Waals surface area (Å²) in [6.07, 6.45) is 1.91. The van der Waals surface area contributed by atoms with Gasteiger partial charge in [0.1, 0.15) is 17.1 Å². The molecule has 1 aliphatic rings. The first-order valence-corrected chi connectivity index (χ1v) is 9.42. The Kier molecular flexibility index (Phi) is 4.62. The summed E-state index contributed by atoms with van der Waals surface area (Å²) in [5, 5.41) is 18.2. The highest BCUT2D eigenvalue weighted by atomic mass is 35.5.